The summed E-state index contributed by atoms with van der Waals surface area (Å²) in [4.78, 5) is 12.6. The molecule has 0 saturated heterocycles. The number of pyridine rings is 1. The van der Waals surface area contributed by atoms with Gasteiger partial charge in [0, 0.05) is 17.8 Å². The zero-order valence-corrected chi connectivity index (χ0v) is 18.1. The zero-order chi connectivity index (χ0) is 24.2. The first-order valence-electron chi connectivity index (χ1n) is 9.46. The molecule has 2 aromatic heterocycles. The molecule has 0 saturated carbocycles. The van der Waals surface area contributed by atoms with Crippen molar-refractivity contribution in [2.45, 2.75) is 18.0 Å². The monoisotopic (exact) mass is 476 g/mol. The molecule has 172 valence electrons. The van der Waals surface area contributed by atoms with Crippen molar-refractivity contribution in [2.24, 2.45) is 5.14 Å². The first-order chi connectivity index (χ1) is 15.4. The number of hydrogen-bond acceptors (Lipinski definition) is 4. The van der Waals surface area contributed by atoms with Gasteiger partial charge in [0.25, 0.3) is 0 Å². The summed E-state index contributed by atoms with van der Waals surface area (Å²) in [5.74, 6) is 0. The Kier molecular flexibility index (Phi) is 6.84. The SMILES string of the molecule is Cc1ccc(-c2cc(C(F)(F)F)nn2-c2ccc(S(N)(=O)=O)cc2)cc1.O=c1cccc[nH]1. The number of sulfonamides is 1. The summed E-state index contributed by atoms with van der Waals surface area (Å²) in [6.07, 6.45) is -3.01. The minimum atomic E-state index is -4.61. The van der Waals surface area contributed by atoms with Gasteiger partial charge in [-0.1, -0.05) is 35.9 Å². The molecular weight excluding hydrogens is 457 g/mol. The van der Waals surface area contributed by atoms with E-state index in [4.69, 9.17) is 5.14 Å². The van der Waals surface area contributed by atoms with Gasteiger partial charge in [0.15, 0.2) is 5.69 Å². The van der Waals surface area contributed by atoms with E-state index < -0.39 is 21.9 Å². The van der Waals surface area contributed by atoms with Gasteiger partial charge in [0.1, 0.15) is 0 Å². The highest BCUT2D eigenvalue weighted by Crippen LogP contribution is 2.33. The maximum absolute atomic E-state index is 13.1. The molecule has 0 fully saturated rings. The van der Waals surface area contributed by atoms with Gasteiger partial charge in [-0.25, -0.2) is 18.2 Å². The second-order valence-electron chi connectivity index (χ2n) is 6.96. The molecule has 11 heteroatoms. The molecule has 0 unspecified atom stereocenters. The third kappa shape index (κ3) is 6.18. The van der Waals surface area contributed by atoms with E-state index in [9.17, 15) is 26.4 Å². The standard InChI is InChI=1S/C17H14F3N3O2S.C5H5NO/c1-11-2-4-12(5-3-11)15-10-16(17(18,19)20)22-23(15)13-6-8-14(9-7-13)26(21,24)25;7-5-3-1-2-4-6-5/h2-10H,1H3,(H2,21,24,25);1-4H,(H,6,7). The van der Waals surface area contributed by atoms with E-state index in [1.54, 1.807) is 42.6 Å². The van der Waals surface area contributed by atoms with Crippen molar-refractivity contribution in [3.63, 3.8) is 0 Å². The number of nitrogens with two attached hydrogens (primary N) is 1. The molecule has 0 aliphatic heterocycles. The van der Waals surface area contributed by atoms with Gasteiger partial charge in [-0.15, -0.1) is 0 Å². The second kappa shape index (κ2) is 9.43. The minimum absolute atomic E-state index is 0.0532. The molecule has 0 aliphatic rings. The Balaban J connectivity index is 0.000000374. The van der Waals surface area contributed by atoms with Crippen LogP contribution in [0.4, 0.5) is 13.2 Å². The lowest BCUT2D eigenvalue weighted by Crippen LogP contribution is -2.12. The minimum Gasteiger partial charge on any atom is -0.329 e. The lowest BCUT2D eigenvalue weighted by atomic mass is 10.1. The van der Waals surface area contributed by atoms with Gasteiger partial charge >= 0.3 is 6.18 Å². The number of halogens is 3. The summed E-state index contributed by atoms with van der Waals surface area (Å²) in [6.45, 7) is 1.87. The summed E-state index contributed by atoms with van der Waals surface area (Å²) in [5, 5.41) is 8.70. The number of aryl methyl sites for hydroxylation is 1. The first-order valence-corrected chi connectivity index (χ1v) is 11.0. The summed E-state index contributed by atoms with van der Waals surface area (Å²) < 4.78 is 63.2. The van der Waals surface area contributed by atoms with Crippen LogP contribution in [-0.2, 0) is 16.2 Å². The van der Waals surface area contributed by atoms with Crippen LogP contribution in [0, 0.1) is 6.92 Å². The maximum atomic E-state index is 13.1. The van der Waals surface area contributed by atoms with Gasteiger partial charge in [0.2, 0.25) is 15.6 Å². The predicted molar refractivity (Wildman–Crippen MR) is 117 cm³/mol. The molecule has 33 heavy (non-hydrogen) atoms. The molecule has 2 aromatic carbocycles. The molecule has 7 nitrogen and oxygen atoms in total. The van der Waals surface area contributed by atoms with Crippen molar-refractivity contribution >= 4 is 10.0 Å². The van der Waals surface area contributed by atoms with Crippen LogP contribution in [0.2, 0.25) is 0 Å². The normalized spacial score (nSPS) is 11.5. The Bertz CT molecular complexity index is 1380. The van der Waals surface area contributed by atoms with E-state index in [2.05, 4.69) is 10.1 Å². The quantitative estimate of drug-likeness (QED) is 0.467. The molecule has 4 rings (SSSR count). The third-order valence-corrected chi connectivity index (χ3v) is 5.37. The van der Waals surface area contributed by atoms with E-state index in [-0.39, 0.29) is 21.8 Å². The van der Waals surface area contributed by atoms with Gasteiger partial charge in [0.05, 0.1) is 16.3 Å². The Labute approximate surface area is 187 Å². The van der Waals surface area contributed by atoms with Crippen LogP contribution in [-0.4, -0.2) is 23.2 Å². The van der Waals surface area contributed by atoms with Crippen molar-refractivity contribution < 1.29 is 21.6 Å². The lowest BCUT2D eigenvalue weighted by molar-refractivity contribution is -0.141. The fourth-order valence-electron chi connectivity index (χ4n) is 2.80. The van der Waals surface area contributed by atoms with Gasteiger partial charge in [-0.2, -0.15) is 18.3 Å². The molecular formula is C22H19F3N4O3S. The van der Waals surface area contributed by atoms with Crippen molar-refractivity contribution in [1.82, 2.24) is 14.8 Å². The third-order valence-electron chi connectivity index (χ3n) is 4.44. The predicted octanol–water partition coefficient (Wildman–Crippen LogP) is 3.89. The van der Waals surface area contributed by atoms with Crippen LogP contribution in [0.25, 0.3) is 16.9 Å². The van der Waals surface area contributed by atoms with E-state index >= 15 is 0 Å². The number of H-pyrrole nitrogens is 1. The van der Waals surface area contributed by atoms with E-state index in [0.29, 0.717) is 5.56 Å². The first kappa shape index (κ1) is 24.0. The average Bonchev–Trinajstić information content (AvgIpc) is 3.21. The van der Waals surface area contributed by atoms with Gasteiger partial charge < -0.3 is 4.98 Å². The number of nitrogens with zero attached hydrogens (tertiary/aromatic N) is 2. The molecule has 0 amide bonds. The topological polar surface area (TPSA) is 111 Å². The second-order valence-corrected chi connectivity index (χ2v) is 8.52. The fourth-order valence-corrected chi connectivity index (χ4v) is 3.32. The van der Waals surface area contributed by atoms with Gasteiger partial charge in [-0.3, -0.25) is 4.79 Å². The molecule has 3 N–H and O–H groups in total. The van der Waals surface area contributed by atoms with Gasteiger partial charge in [-0.05, 0) is 43.3 Å². The van der Waals surface area contributed by atoms with Crippen LogP contribution in [0.5, 0.6) is 0 Å². The van der Waals surface area contributed by atoms with E-state index in [0.717, 1.165) is 16.3 Å². The zero-order valence-electron chi connectivity index (χ0n) is 17.2. The van der Waals surface area contributed by atoms with Crippen molar-refractivity contribution in [3.8, 4) is 16.9 Å². The smallest absolute Gasteiger partial charge is 0.329 e. The van der Waals surface area contributed by atoms with Crippen LogP contribution in [0.15, 0.2) is 88.7 Å². The molecule has 2 heterocycles. The molecule has 0 spiro atoms. The summed E-state index contributed by atoms with van der Waals surface area (Å²) in [6, 6.07) is 18.0. The molecule has 0 radical (unpaired) electrons. The Morgan fingerprint density at radius 3 is 2.06 bits per heavy atom. The number of alkyl halides is 3. The number of nitrogens with one attached hydrogen (secondary N) is 1. The average molecular weight is 476 g/mol. The summed E-state index contributed by atoms with van der Waals surface area (Å²) in [5.41, 5.74) is 0.942. The molecule has 0 aliphatic carbocycles. The largest absolute Gasteiger partial charge is 0.435 e. The lowest BCUT2D eigenvalue weighted by Gasteiger charge is -2.09. The summed E-state index contributed by atoms with van der Waals surface area (Å²) in [7, 11) is -3.90. The highest BCUT2D eigenvalue weighted by molar-refractivity contribution is 7.89. The highest BCUT2D eigenvalue weighted by atomic mass is 32.2. The fraction of sp³-hybridized carbons (Fsp3) is 0.0909. The maximum Gasteiger partial charge on any atom is 0.435 e. The Morgan fingerprint density at radius 2 is 1.61 bits per heavy atom. The number of benzene rings is 2. The number of primary sulfonamides is 1. The van der Waals surface area contributed by atoms with E-state index in [1.165, 1.54) is 30.3 Å². The number of rotatable bonds is 3. The highest BCUT2D eigenvalue weighted by Gasteiger charge is 2.35. The molecule has 0 atom stereocenters. The Morgan fingerprint density at radius 1 is 0.970 bits per heavy atom. The van der Waals surface area contributed by atoms with E-state index in [1.807, 2.05) is 6.92 Å². The van der Waals surface area contributed by atoms with Crippen LogP contribution < -0.4 is 10.7 Å². The summed E-state index contributed by atoms with van der Waals surface area (Å²) >= 11 is 0. The number of hydrogen-bond donors (Lipinski definition) is 2. The van der Waals surface area contributed by atoms with Crippen LogP contribution >= 0.6 is 0 Å². The van der Waals surface area contributed by atoms with Crippen LogP contribution in [0.1, 0.15) is 11.3 Å². The van der Waals surface area contributed by atoms with Crippen molar-refractivity contribution in [1.29, 1.82) is 0 Å². The van der Waals surface area contributed by atoms with Crippen molar-refractivity contribution in [3.05, 3.63) is 101 Å². The molecule has 4 aromatic rings. The number of aromatic amines is 1. The molecule has 0 bridgehead atoms. The van der Waals surface area contributed by atoms with Crippen molar-refractivity contribution in [2.75, 3.05) is 0 Å². The number of aromatic nitrogens is 3. The van der Waals surface area contributed by atoms with Crippen LogP contribution in [0.3, 0.4) is 0 Å². The Hall–Kier alpha value is -3.70.